The third-order valence-electron chi connectivity index (χ3n) is 10.9. The number of carbonyl (C=O) groups is 3. The van der Waals surface area contributed by atoms with Crippen LogP contribution in [0.25, 0.3) is 0 Å². The van der Waals surface area contributed by atoms with Crippen molar-refractivity contribution in [3.05, 3.63) is 97.2 Å². The van der Waals surface area contributed by atoms with E-state index in [1.54, 1.807) is 0 Å². The molecule has 6 heteroatoms. The summed E-state index contributed by atoms with van der Waals surface area (Å²) < 4.78 is 16.7. The minimum Gasteiger partial charge on any atom is -0.462 e. The lowest BCUT2D eigenvalue weighted by Gasteiger charge is -2.18. The van der Waals surface area contributed by atoms with Crippen LogP contribution in [0.3, 0.4) is 0 Å². The largest absolute Gasteiger partial charge is 0.462 e. The lowest BCUT2D eigenvalue weighted by atomic mass is 10.1. The maximum Gasteiger partial charge on any atom is 0.306 e. The summed E-state index contributed by atoms with van der Waals surface area (Å²) >= 11 is 0. The second kappa shape index (κ2) is 52.0. The normalized spacial score (nSPS) is 12.9. The summed E-state index contributed by atoms with van der Waals surface area (Å²) in [5.74, 6) is -1.01. The molecule has 0 heterocycles. The predicted octanol–water partition coefficient (Wildman–Crippen LogP) is 17.4. The van der Waals surface area contributed by atoms with Crippen molar-refractivity contribution in [3.8, 4) is 0 Å². The molecule has 0 aromatic carbocycles. The Balaban J connectivity index is 4.50. The summed E-state index contributed by atoms with van der Waals surface area (Å²) in [5, 5.41) is 0. The number of ether oxygens (including phenoxy) is 3. The molecule has 0 bridgehead atoms. The first-order valence-electron chi connectivity index (χ1n) is 26.3. The van der Waals surface area contributed by atoms with E-state index in [0.717, 1.165) is 70.6 Å². The van der Waals surface area contributed by atoms with E-state index >= 15 is 0 Å². The van der Waals surface area contributed by atoms with Crippen LogP contribution in [-0.4, -0.2) is 37.2 Å². The van der Waals surface area contributed by atoms with E-state index in [1.165, 1.54) is 116 Å². The summed E-state index contributed by atoms with van der Waals surface area (Å²) in [5.41, 5.74) is 0. The van der Waals surface area contributed by atoms with Crippen molar-refractivity contribution >= 4 is 17.9 Å². The summed E-state index contributed by atoms with van der Waals surface area (Å²) in [6.07, 6.45) is 68.3. The van der Waals surface area contributed by atoms with Crippen LogP contribution in [0.4, 0.5) is 0 Å². The molecule has 0 aliphatic carbocycles. The second-order valence-electron chi connectivity index (χ2n) is 17.2. The zero-order valence-electron chi connectivity index (χ0n) is 41.5. The van der Waals surface area contributed by atoms with E-state index in [2.05, 4.69) is 63.3 Å². The molecule has 0 spiro atoms. The van der Waals surface area contributed by atoms with E-state index in [1.807, 2.05) is 54.7 Å². The van der Waals surface area contributed by atoms with Crippen LogP contribution < -0.4 is 0 Å². The summed E-state index contributed by atoms with van der Waals surface area (Å²) in [7, 11) is 0. The molecule has 0 aromatic heterocycles. The highest BCUT2D eigenvalue weighted by atomic mass is 16.6. The van der Waals surface area contributed by atoms with Crippen molar-refractivity contribution in [2.75, 3.05) is 13.2 Å². The Labute approximate surface area is 394 Å². The van der Waals surface area contributed by atoms with Gasteiger partial charge in [0.05, 0.1) is 0 Å². The zero-order chi connectivity index (χ0) is 46.5. The molecule has 0 fully saturated rings. The Hall–Kier alpha value is -3.67. The Morgan fingerprint density at radius 2 is 0.641 bits per heavy atom. The van der Waals surface area contributed by atoms with Gasteiger partial charge in [0.15, 0.2) is 6.10 Å². The van der Waals surface area contributed by atoms with Crippen molar-refractivity contribution in [3.63, 3.8) is 0 Å². The predicted molar refractivity (Wildman–Crippen MR) is 274 cm³/mol. The van der Waals surface area contributed by atoms with Crippen molar-refractivity contribution < 1.29 is 28.6 Å². The third kappa shape index (κ3) is 49.3. The molecule has 1 atom stereocenters. The standard InChI is InChI=1S/C58H96O6/c1-4-7-10-13-16-19-22-25-27-28-29-31-33-36-39-42-45-48-51-57(60)63-54-55(53-62-56(59)50-47-44-41-38-35-32-24-21-18-15-12-9-6-3)64-58(61)52-49-46-43-40-37-34-30-26-23-20-17-14-11-8-5-2/h9,12,15,18,20-21,23-24,27-29,31-32,35,38,41,55H,4-8,10-11,13-14,16-17,19,22,25-26,30,33-34,36-37,39-40,42-54H2,1-3H3/b12-9+,18-15+,23-20+,24-21+,28-27+,31-29+,35-32+,41-38+. The number of hydrogen-bond donors (Lipinski definition) is 0. The second-order valence-corrected chi connectivity index (χ2v) is 17.2. The van der Waals surface area contributed by atoms with Gasteiger partial charge in [0.2, 0.25) is 0 Å². The van der Waals surface area contributed by atoms with E-state index < -0.39 is 6.10 Å². The van der Waals surface area contributed by atoms with Gasteiger partial charge in [-0.05, 0) is 83.5 Å². The van der Waals surface area contributed by atoms with Crippen LogP contribution in [0.2, 0.25) is 0 Å². The highest BCUT2D eigenvalue weighted by Gasteiger charge is 2.19. The number of allylic oxidation sites excluding steroid dienone is 16. The maximum atomic E-state index is 12.8. The SMILES string of the molecule is CC/C=C/C=C/C=C/C=C/C=C/CCCC(=O)OCC(COC(=O)CCCCCCC/C=C/C=C/CCCCCCCCC)OC(=O)CCCCCCCCC/C=C/CCCCCC. The van der Waals surface area contributed by atoms with Crippen molar-refractivity contribution in [1.29, 1.82) is 0 Å². The number of esters is 3. The summed E-state index contributed by atoms with van der Waals surface area (Å²) in [6, 6.07) is 0. The first kappa shape index (κ1) is 60.3. The quantitative estimate of drug-likeness (QED) is 0.0199. The highest BCUT2D eigenvalue weighted by molar-refractivity contribution is 5.71. The van der Waals surface area contributed by atoms with Crippen molar-refractivity contribution in [1.82, 2.24) is 0 Å². The number of carbonyl (C=O) groups excluding carboxylic acids is 3. The lowest BCUT2D eigenvalue weighted by Crippen LogP contribution is -2.30. The average molecular weight is 889 g/mol. The number of unbranched alkanes of at least 4 members (excludes halogenated alkanes) is 24. The van der Waals surface area contributed by atoms with Gasteiger partial charge in [-0.25, -0.2) is 0 Å². The van der Waals surface area contributed by atoms with Gasteiger partial charge in [-0.2, -0.15) is 0 Å². The molecule has 0 saturated carbocycles. The van der Waals surface area contributed by atoms with E-state index in [0.29, 0.717) is 19.3 Å². The van der Waals surface area contributed by atoms with Gasteiger partial charge in [0, 0.05) is 19.3 Å². The van der Waals surface area contributed by atoms with Gasteiger partial charge in [-0.1, -0.05) is 227 Å². The highest BCUT2D eigenvalue weighted by Crippen LogP contribution is 2.14. The van der Waals surface area contributed by atoms with Crippen LogP contribution >= 0.6 is 0 Å². The number of hydrogen-bond acceptors (Lipinski definition) is 6. The van der Waals surface area contributed by atoms with E-state index in [9.17, 15) is 14.4 Å². The molecule has 0 N–H and O–H groups in total. The summed E-state index contributed by atoms with van der Waals surface area (Å²) in [4.78, 5) is 38.0. The smallest absolute Gasteiger partial charge is 0.306 e. The average Bonchev–Trinajstić information content (AvgIpc) is 3.29. The Morgan fingerprint density at radius 3 is 1.09 bits per heavy atom. The Bertz CT molecular complexity index is 1300. The van der Waals surface area contributed by atoms with Gasteiger partial charge in [0.1, 0.15) is 13.2 Å². The first-order valence-corrected chi connectivity index (χ1v) is 26.3. The van der Waals surface area contributed by atoms with Gasteiger partial charge >= 0.3 is 17.9 Å². The van der Waals surface area contributed by atoms with Crippen molar-refractivity contribution in [2.24, 2.45) is 0 Å². The fourth-order valence-corrected chi connectivity index (χ4v) is 6.99. The van der Waals surface area contributed by atoms with Gasteiger partial charge in [0.25, 0.3) is 0 Å². The third-order valence-corrected chi connectivity index (χ3v) is 10.9. The van der Waals surface area contributed by atoms with Crippen molar-refractivity contribution in [2.45, 2.75) is 239 Å². The van der Waals surface area contributed by atoms with Crippen LogP contribution in [0.1, 0.15) is 233 Å². The molecular formula is C58H96O6. The minimum absolute atomic E-state index is 0.111. The van der Waals surface area contributed by atoms with E-state index in [4.69, 9.17) is 14.2 Å². The fraction of sp³-hybridized carbons (Fsp3) is 0.672. The zero-order valence-corrected chi connectivity index (χ0v) is 41.5. The van der Waals surface area contributed by atoms with E-state index in [-0.39, 0.29) is 37.5 Å². The van der Waals surface area contributed by atoms with Crippen LogP contribution in [0, 0.1) is 0 Å². The molecule has 0 amide bonds. The molecule has 6 nitrogen and oxygen atoms in total. The van der Waals surface area contributed by atoms with Gasteiger partial charge < -0.3 is 14.2 Å². The first-order chi connectivity index (χ1) is 31.5. The van der Waals surface area contributed by atoms with Crippen LogP contribution in [-0.2, 0) is 28.6 Å². The van der Waals surface area contributed by atoms with Gasteiger partial charge in [-0.15, -0.1) is 0 Å². The summed E-state index contributed by atoms with van der Waals surface area (Å²) in [6.45, 7) is 6.39. The minimum atomic E-state index is -0.815. The maximum absolute atomic E-state index is 12.8. The van der Waals surface area contributed by atoms with Crippen LogP contribution in [0.5, 0.6) is 0 Å². The molecular weight excluding hydrogens is 793 g/mol. The molecule has 0 aliphatic rings. The van der Waals surface area contributed by atoms with Crippen LogP contribution in [0.15, 0.2) is 97.2 Å². The molecule has 0 radical (unpaired) electrons. The molecule has 64 heavy (non-hydrogen) atoms. The monoisotopic (exact) mass is 889 g/mol. The Morgan fingerprint density at radius 1 is 0.328 bits per heavy atom. The Kier molecular flexibility index (Phi) is 49.0. The molecule has 0 saturated heterocycles. The molecule has 0 aliphatic heterocycles. The molecule has 0 aromatic rings. The lowest BCUT2D eigenvalue weighted by molar-refractivity contribution is -0.167. The molecule has 0 rings (SSSR count). The topological polar surface area (TPSA) is 78.9 Å². The molecule has 364 valence electrons. The van der Waals surface area contributed by atoms with Gasteiger partial charge in [-0.3, -0.25) is 14.4 Å². The fourth-order valence-electron chi connectivity index (χ4n) is 6.99. The number of rotatable bonds is 46. The molecule has 1 unspecified atom stereocenters.